The van der Waals surface area contributed by atoms with Gasteiger partial charge in [-0.2, -0.15) is 0 Å². The van der Waals surface area contributed by atoms with Crippen LogP contribution in [0.1, 0.15) is 49.9 Å². The van der Waals surface area contributed by atoms with E-state index < -0.39 is 23.4 Å². The lowest BCUT2D eigenvalue weighted by molar-refractivity contribution is -0.121. The van der Waals surface area contributed by atoms with E-state index in [0.29, 0.717) is 16.8 Å². The van der Waals surface area contributed by atoms with E-state index in [1.54, 1.807) is 24.5 Å². The molecule has 1 fully saturated rings. The number of aryl methyl sites for hydroxylation is 2. The zero-order valence-corrected chi connectivity index (χ0v) is 23.1. The van der Waals surface area contributed by atoms with Crippen molar-refractivity contribution >= 4 is 34.4 Å². The van der Waals surface area contributed by atoms with E-state index >= 15 is 0 Å². The van der Waals surface area contributed by atoms with Crippen LogP contribution in [-0.4, -0.2) is 34.5 Å². The van der Waals surface area contributed by atoms with Crippen LogP contribution in [0.3, 0.4) is 0 Å². The molecule has 0 radical (unpaired) electrons. The molecule has 1 N–H and O–H groups in total. The second-order valence-corrected chi connectivity index (χ2v) is 11.3. The van der Waals surface area contributed by atoms with E-state index in [0.717, 1.165) is 33.5 Å². The molecule has 4 atom stereocenters. The van der Waals surface area contributed by atoms with Crippen LogP contribution in [0.2, 0.25) is 0 Å². The number of amides is 1. The molecule has 1 saturated heterocycles. The van der Waals surface area contributed by atoms with Gasteiger partial charge in [0.15, 0.2) is 11.6 Å². The number of ketones is 2. The monoisotopic (exact) mass is 539 g/mol. The van der Waals surface area contributed by atoms with Crippen molar-refractivity contribution in [1.29, 1.82) is 0 Å². The highest BCUT2D eigenvalue weighted by molar-refractivity contribution is 6.18. The summed E-state index contributed by atoms with van der Waals surface area (Å²) in [5, 5.41) is 3.08. The predicted molar refractivity (Wildman–Crippen MR) is 159 cm³/mol. The Bertz CT molecular complexity index is 1780. The van der Waals surface area contributed by atoms with Gasteiger partial charge in [0.25, 0.3) is 0 Å². The van der Waals surface area contributed by atoms with Crippen molar-refractivity contribution in [1.82, 2.24) is 4.98 Å². The minimum atomic E-state index is -1.33. The van der Waals surface area contributed by atoms with E-state index in [2.05, 4.69) is 27.3 Å². The molecule has 3 aliphatic heterocycles. The molecule has 6 nitrogen and oxygen atoms in total. The van der Waals surface area contributed by atoms with Crippen LogP contribution >= 0.6 is 0 Å². The van der Waals surface area contributed by atoms with Crippen LogP contribution in [0, 0.1) is 19.8 Å². The number of fused-ring (bicyclic) bond motifs is 6. The number of pyridine rings is 1. The van der Waals surface area contributed by atoms with Gasteiger partial charge in [0.05, 0.1) is 12.0 Å². The number of Topliss-reactive ketones (excluding diaryl/α,β-unsaturated/α-hetero) is 2. The first kappa shape index (κ1) is 25.1. The molecule has 4 aromatic rings. The molecule has 3 aromatic carbocycles. The Balaban J connectivity index is 1.56. The number of allylic oxidation sites excluding steroid dienone is 1. The van der Waals surface area contributed by atoms with Gasteiger partial charge in [0.2, 0.25) is 5.91 Å². The van der Waals surface area contributed by atoms with Gasteiger partial charge in [0.1, 0.15) is 11.5 Å². The fourth-order valence-corrected chi connectivity index (χ4v) is 7.13. The normalized spacial score (nSPS) is 23.9. The molecule has 0 aliphatic carbocycles. The Labute approximate surface area is 238 Å². The lowest BCUT2D eigenvalue weighted by Gasteiger charge is -2.39. The first-order valence-electron chi connectivity index (χ1n) is 13.9. The number of nitrogens with zero attached hydrogens (tertiary/aromatic N) is 2. The molecule has 1 aromatic heterocycles. The molecular formula is C35H29N3O3. The van der Waals surface area contributed by atoms with Crippen LogP contribution in [0.25, 0.3) is 5.57 Å². The van der Waals surface area contributed by atoms with Gasteiger partial charge in [-0.1, -0.05) is 65.7 Å². The summed E-state index contributed by atoms with van der Waals surface area (Å²) in [7, 11) is 0. The van der Waals surface area contributed by atoms with Crippen LogP contribution in [-0.2, 0) is 10.2 Å². The molecular weight excluding hydrogens is 510 g/mol. The van der Waals surface area contributed by atoms with Gasteiger partial charge in [-0.25, -0.2) is 0 Å². The molecule has 0 unspecified atom stereocenters. The van der Waals surface area contributed by atoms with Gasteiger partial charge in [0, 0.05) is 40.5 Å². The third-order valence-electron chi connectivity index (χ3n) is 8.98. The fourth-order valence-electron chi connectivity index (χ4n) is 7.13. The van der Waals surface area contributed by atoms with Crippen molar-refractivity contribution in [2.75, 3.05) is 10.2 Å². The number of anilines is 2. The molecule has 1 amide bonds. The summed E-state index contributed by atoms with van der Waals surface area (Å²) in [5.74, 6) is -1.70. The highest BCUT2D eigenvalue weighted by Crippen LogP contribution is 2.58. The SMILES string of the molecule is CC1=C[C@@H]2N(c3ccc(C)cc31)[C@H](C(=O)c1ccc(C)cc1)[C@H](C(=O)c1ccncc1)[C@@]21C(=O)Nc2ccccc21. The van der Waals surface area contributed by atoms with Gasteiger partial charge in [-0.05, 0) is 62.2 Å². The van der Waals surface area contributed by atoms with Gasteiger partial charge >= 0.3 is 0 Å². The summed E-state index contributed by atoms with van der Waals surface area (Å²) in [5.41, 5.74) is 6.02. The number of carbonyl (C=O) groups is 3. The average Bonchev–Trinajstić information content (AvgIpc) is 3.45. The smallest absolute Gasteiger partial charge is 0.238 e. The molecule has 202 valence electrons. The minimum Gasteiger partial charge on any atom is -0.352 e. The van der Waals surface area contributed by atoms with Gasteiger partial charge in [-0.15, -0.1) is 0 Å². The van der Waals surface area contributed by atoms with Crippen molar-refractivity contribution in [2.45, 2.75) is 38.3 Å². The van der Waals surface area contributed by atoms with Gasteiger partial charge < -0.3 is 10.2 Å². The highest BCUT2D eigenvalue weighted by Gasteiger charge is 2.70. The molecule has 1 spiro atoms. The van der Waals surface area contributed by atoms with Gasteiger partial charge in [-0.3, -0.25) is 19.4 Å². The number of hydrogen-bond donors (Lipinski definition) is 1. The Kier molecular flexibility index (Phi) is 5.58. The molecule has 6 heteroatoms. The number of aromatic nitrogens is 1. The standard InChI is InChI=1S/C35H29N3O3/c1-20-8-11-23(12-9-20)33(40)31-30(32(39)24-14-16-36-17-15-24)35(26-6-4-5-7-27(26)37-34(35)41)29-19-22(3)25-18-21(2)10-13-28(25)38(29)31/h4-19,29-31H,1-3H3,(H,37,41)/t29-,30+,31-,35-/m0/s1. The van der Waals surface area contributed by atoms with Crippen LogP contribution in [0.5, 0.6) is 0 Å². The van der Waals surface area contributed by atoms with Crippen LogP contribution < -0.4 is 10.2 Å². The van der Waals surface area contributed by atoms with Crippen molar-refractivity contribution < 1.29 is 14.4 Å². The zero-order valence-electron chi connectivity index (χ0n) is 23.1. The predicted octanol–water partition coefficient (Wildman–Crippen LogP) is 5.94. The zero-order chi connectivity index (χ0) is 28.5. The minimum absolute atomic E-state index is 0.184. The van der Waals surface area contributed by atoms with E-state index in [1.165, 1.54) is 0 Å². The lowest BCUT2D eigenvalue weighted by atomic mass is 9.64. The number of para-hydroxylation sites is 1. The topological polar surface area (TPSA) is 79.4 Å². The van der Waals surface area contributed by atoms with Crippen molar-refractivity contribution in [3.8, 4) is 0 Å². The molecule has 41 heavy (non-hydrogen) atoms. The van der Waals surface area contributed by atoms with Crippen LogP contribution in [0.15, 0.2) is 97.3 Å². The Hall–Kier alpha value is -4.84. The Morgan fingerprint density at radius 3 is 2.27 bits per heavy atom. The summed E-state index contributed by atoms with van der Waals surface area (Å²) in [6, 6.07) is 23.0. The second-order valence-electron chi connectivity index (χ2n) is 11.3. The molecule has 4 heterocycles. The highest BCUT2D eigenvalue weighted by atomic mass is 16.2. The summed E-state index contributed by atoms with van der Waals surface area (Å²) >= 11 is 0. The first-order valence-corrected chi connectivity index (χ1v) is 13.9. The first-order chi connectivity index (χ1) is 19.8. The molecule has 0 bridgehead atoms. The largest absolute Gasteiger partial charge is 0.352 e. The number of carbonyl (C=O) groups excluding carboxylic acids is 3. The number of hydrogen-bond acceptors (Lipinski definition) is 5. The van der Waals surface area contributed by atoms with E-state index in [-0.39, 0.29) is 17.5 Å². The summed E-state index contributed by atoms with van der Waals surface area (Å²) in [4.78, 5) is 50.1. The van der Waals surface area contributed by atoms with E-state index in [4.69, 9.17) is 0 Å². The number of nitrogens with one attached hydrogen (secondary N) is 1. The third-order valence-corrected chi connectivity index (χ3v) is 8.98. The molecule has 3 aliphatic rings. The maximum absolute atomic E-state index is 14.7. The Morgan fingerprint density at radius 1 is 0.829 bits per heavy atom. The summed E-state index contributed by atoms with van der Waals surface area (Å²) in [6.07, 6.45) is 5.23. The molecule has 7 rings (SSSR count). The fraction of sp³-hybridized carbons (Fsp3) is 0.200. The quantitative estimate of drug-likeness (QED) is 0.325. The summed E-state index contributed by atoms with van der Waals surface area (Å²) in [6.45, 7) is 6.05. The van der Waals surface area contributed by atoms with Crippen molar-refractivity contribution in [2.24, 2.45) is 5.92 Å². The maximum Gasteiger partial charge on any atom is 0.238 e. The second kappa shape index (κ2) is 9.10. The number of benzene rings is 3. The average molecular weight is 540 g/mol. The van der Waals surface area contributed by atoms with E-state index in [1.807, 2.05) is 81.4 Å². The summed E-state index contributed by atoms with van der Waals surface area (Å²) < 4.78 is 0. The molecule has 0 saturated carbocycles. The number of rotatable bonds is 4. The lowest BCUT2D eigenvalue weighted by Crippen LogP contribution is -2.51. The Morgan fingerprint density at radius 2 is 1.51 bits per heavy atom. The van der Waals surface area contributed by atoms with Crippen molar-refractivity contribution in [3.63, 3.8) is 0 Å². The maximum atomic E-state index is 14.7. The van der Waals surface area contributed by atoms with E-state index in [9.17, 15) is 14.4 Å². The van der Waals surface area contributed by atoms with Crippen molar-refractivity contribution in [3.05, 3.63) is 131 Å². The third kappa shape index (κ3) is 3.50. The van der Waals surface area contributed by atoms with Crippen LogP contribution in [0.4, 0.5) is 11.4 Å².